The van der Waals surface area contributed by atoms with Gasteiger partial charge >= 0.3 is 0 Å². The van der Waals surface area contributed by atoms with E-state index in [1.165, 1.54) is 0 Å². The van der Waals surface area contributed by atoms with Gasteiger partial charge in [-0.25, -0.2) is 4.98 Å². The zero-order chi connectivity index (χ0) is 14.3. The molecule has 20 heavy (non-hydrogen) atoms. The third-order valence-electron chi connectivity index (χ3n) is 4.26. The van der Waals surface area contributed by atoms with E-state index in [0.717, 1.165) is 34.1 Å². The van der Waals surface area contributed by atoms with Crippen molar-refractivity contribution >= 4 is 32.4 Å². The highest BCUT2D eigenvalue weighted by molar-refractivity contribution is 7.22. The number of nitrogens with zero attached hydrogens (tertiary/aromatic N) is 1. The number of rotatable bonds is 4. The molecule has 0 aliphatic heterocycles. The van der Waals surface area contributed by atoms with Gasteiger partial charge in [-0.1, -0.05) is 25.2 Å². The van der Waals surface area contributed by atoms with Crippen LogP contribution in [0, 0.1) is 5.41 Å². The summed E-state index contributed by atoms with van der Waals surface area (Å²) >= 11 is 1.66. The summed E-state index contributed by atoms with van der Waals surface area (Å²) in [4.78, 5) is 4.62. The summed E-state index contributed by atoms with van der Waals surface area (Å²) in [6, 6.07) is 6.26. The summed E-state index contributed by atoms with van der Waals surface area (Å²) in [5.74, 6) is 0. The van der Waals surface area contributed by atoms with Crippen LogP contribution in [0.1, 0.15) is 27.2 Å². The lowest BCUT2D eigenvalue weighted by Crippen LogP contribution is -2.58. The third-order valence-corrected chi connectivity index (χ3v) is 5.21. The molecule has 1 fully saturated rings. The van der Waals surface area contributed by atoms with Gasteiger partial charge in [0, 0.05) is 23.8 Å². The van der Waals surface area contributed by atoms with E-state index in [1.54, 1.807) is 11.3 Å². The molecule has 1 aromatic carbocycles. The van der Waals surface area contributed by atoms with E-state index in [4.69, 9.17) is 10.5 Å². The van der Waals surface area contributed by atoms with E-state index in [2.05, 4.69) is 31.1 Å². The molecular formula is C15H21N3OS. The predicted octanol–water partition coefficient (Wildman–Crippen LogP) is 3.49. The first-order chi connectivity index (χ1) is 9.50. The Labute approximate surface area is 123 Å². The maximum Gasteiger partial charge on any atom is 0.184 e. The summed E-state index contributed by atoms with van der Waals surface area (Å²) in [7, 11) is 0. The fourth-order valence-electron chi connectivity index (χ4n) is 2.77. The lowest BCUT2D eigenvalue weighted by atomic mass is 9.64. The molecule has 2 aromatic rings. The molecule has 108 valence electrons. The van der Waals surface area contributed by atoms with Gasteiger partial charge in [-0.2, -0.15) is 0 Å². The number of nitrogens with two attached hydrogens (primary N) is 1. The fourth-order valence-corrected chi connectivity index (χ4v) is 3.73. The van der Waals surface area contributed by atoms with Gasteiger partial charge in [-0.3, -0.25) is 0 Å². The lowest BCUT2D eigenvalue weighted by molar-refractivity contribution is -0.0975. The van der Waals surface area contributed by atoms with Gasteiger partial charge in [0.2, 0.25) is 0 Å². The number of hydrogen-bond donors (Lipinski definition) is 2. The minimum absolute atomic E-state index is 0.146. The van der Waals surface area contributed by atoms with Crippen LogP contribution in [0.3, 0.4) is 0 Å². The smallest absolute Gasteiger partial charge is 0.184 e. The average molecular weight is 291 g/mol. The standard InChI is InChI=1S/C15H21N3OS/c1-4-19-13-8-12(15(13,2)3)18-14-17-10-6-5-9(16)7-11(10)20-14/h5-7,12-13H,4,8,16H2,1-3H3,(H,17,18). The molecule has 1 aliphatic carbocycles. The van der Waals surface area contributed by atoms with Crippen molar-refractivity contribution in [3.05, 3.63) is 18.2 Å². The fraction of sp³-hybridized carbons (Fsp3) is 0.533. The minimum atomic E-state index is 0.146. The van der Waals surface area contributed by atoms with E-state index in [-0.39, 0.29) is 5.41 Å². The summed E-state index contributed by atoms with van der Waals surface area (Å²) in [5.41, 5.74) is 7.74. The number of benzene rings is 1. The van der Waals surface area contributed by atoms with Gasteiger partial charge in [-0.05, 0) is 31.5 Å². The zero-order valence-corrected chi connectivity index (χ0v) is 13.0. The monoisotopic (exact) mass is 291 g/mol. The minimum Gasteiger partial charge on any atom is -0.399 e. The zero-order valence-electron chi connectivity index (χ0n) is 12.1. The maximum absolute atomic E-state index is 5.81. The van der Waals surface area contributed by atoms with Crippen molar-refractivity contribution in [2.24, 2.45) is 5.41 Å². The molecule has 1 saturated carbocycles. The van der Waals surface area contributed by atoms with Crippen LogP contribution in [0.2, 0.25) is 0 Å². The number of anilines is 2. The lowest BCUT2D eigenvalue weighted by Gasteiger charge is -2.51. The molecule has 1 heterocycles. The van der Waals surface area contributed by atoms with Crippen molar-refractivity contribution in [2.45, 2.75) is 39.3 Å². The van der Waals surface area contributed by atoms with Gasteiger partial charge in [0.25, 0.3) is 0 Å². The largest absolute Gasteiger partial charge is 0.399 e. The Hall–Kier alpha value is -1.33. The van der Waals surface area contributed by atoms with E-state index in [9.17, 15) is 0 Å². The quantitative estimate of drug-likeness (QED) is 0.847. The molecule has 0 radical (unpaired) electrons. The molecule has 5 heteroatoms. The Kier molecular flexibility index (Phi) is 3.34. The molecule has 3 N–H and O–H groups in total. The predicted molar refractivity (Wildman–Crippen MR) is 85.3 cm³/mol. The topological polar surface area (TPSA) is 60.2 Å². The third kappa shape index (κ3) is 2.25. The Bertz CT molecular complexity index is 623. The summed E-state index contributed by atoms with van der Waals surface area (Å²) in [6.45, 7) is 7.33. The number of thiazole rings is 1. The number of fused-ring (bicyclic) bond motifs is 1. The first-order valence-electron chi connectivity index (χ1n) is 7.05. The van der Waals surface area contributed by atoms with Crippen LogP contribution >= 0.6 is 11.3 Å². The highest BCUT2D eigenvalue weighted by Crippen LogP contribution is 2.45. The maximum atomic E-state index is 5.81. The molecule has 2 atom stereocenters. The van der Waals surface area contributed by atoms with Crippen LogP contribution in [-0.2, 0) is 4.74 Å². The van der Waals surface area contributed by atoms with Crippen molar-refractivity contribution in [3.63, 3.8) is 0 Å². The van der Waals surface area contributed by atoms with E-state index in [1.807, 2.05) is 18.2 Å². The number of aromatic nitrogens is 1. The highest BCUT2D eigenvalue weighted by Gasteiger charge is 2.49. The van der Waals surface area contributed by atoms with Gasteiger partial charge in [-0.15, -0.1) is 0 Å². The Morgan fingerprint density at radius 1 is 1.50 bits per heavy atom. The van der Waals surface area contributed by atoms with Crippen molar-refractivity contribution in [3.8, 4) is 0 Å². The van der Waals surface area contributed by atoms with Gasteiger partial charge < -0.3 is 15.8 Å². The summed E-state index contributed by atoms with van der Waals surface area (Å²) < 4.78 is 6.89. The van der Waals surface area contributed by atoms with Crippen molar-refractivity contribution in [2.75, 3.05) is 17.7 Å². The first kappa shape index (κ1) is 13.6. The van der Waals surface area contributed by atoms with Crippen LogP contribution in [-0.4, -0.2) is 23.7 Å². The van der Waals surface area contributed by atoms with Gasteiger partial charge in [0.1, 0.15) is 0 Å². The van der Waals surface area contributed by atoms with Crippen LogP contribution in [0.25, 0.3) is 10.2 Å². The first-order valence-corrected chi connectivity index (χ1v) is 7.86. The molecule has 1 aromatic heterocycles. The summed E-state index contributed by atoms with van der Waals surface area (Å²) in [6.07, 6.45) is 1.38. The number of nitrogen functional groups attached to an aromatic ring is 1. The normalized spacial score (nSPS) is 24.6. The molecule has 4 nitrogen and oxygen atoms in total. The van der Waals surface area contributed by atoms with Crippen molar-refractivity contribution in [1.29, 1.82) is 0 Å². The number of nitrogens with one attached hydrogen (secondary N) is 1. The van der Waals surface area contributed by atoms with Gasteiger partial charge in [0.05, 0.1) is 16.3 Å². The second-order valence-electron chi connectivity index (χ2n) is 5.94. The van der Waals surface area contributed by atoms with Crippen LogP contribution in [0.15, 0.2) is 18.2 Å². The second-order valence-corrected chi connectivity index (χ2v) is 6.97. The van der Waals surface area contributed by atoms with Crippen LogP contribution in [0.4, 0.5) is 10.8 Å². The molecule has 1 aliphatic rings. The van der Waals surface area contributed by atoms with E-state index < -0.39 is 0 Å². The number of ether oxygens (including phenoxy) is 1. The van der Waals surface area contributed by atoms with Crippen LogP contribution in [0.5, 0.6) is 0 Å². The second kappa shape index (κ2) is 4.90. The van der Waals surface area contributed by atoms with Gasteiger partial charge in [0.15, 0.2) is 5.13 Å². The highest BCUT2D eigenvalue weighted by atomic mass is 32.1. The number of hydrogen-bond acceptors (Lipinski definition) is 5. The molecule has 2 unspecified atom stereocenters. The van der Waals surface area contributed by atoms with Crippen molar-refractivity contribution in [1.82, 2.24) is 4.98 Å². The molecule has 0 saturated heterocycles. The molecule has 0 spiro atoms. The summed E-state index contributed by atoms with van der Waals surface area (Å²) in [5, 5.41) is 4.52. The SMILES string of the molecule is CCOC1CC(Nc2nc3ccc(N)cc3s2)C1(C)C. The molecular weight excluding hydrogens is 270 g/mol. The molecule has 0 bridgehead atoms. The van der Waals surface area contributed by atoms with E-state index in [0.29, 0.717) is 12.1 Å². The van der Waals surface area contributed by atoms with Crippen molar-refractivity contribution < 1.29 is 4.74 Å². The molecule has 0 amide bonds. The Balaban J connectivity index is 1.74. The Morgan fingerprint density at radius 3 is 3.00 bits per heavy atom. The average Bonchev–Trinajstić information content (AvgIpc) is 2.79. The van der Waals surface area contributed by atoms with E-state index >= 15 is 0 Å². The Morgan fingerprint density at radius 2 is 2.30 bits per heavy atom. The van der Waals surface area contributed by atoms with Crippen LogP contribution < -0.4 is 11.1 Å². The molecule has 3 rings (SSSR count).